The summed E-state index contributed by atoms with van der Waals surface area (Å²) in [5.41, 5.74) is 4.85. The van der Waals surface area contributed by atoms with Crippen molar-refractivity contribution in [2.45, 2.75) is 6.92 Å². The van der Waals surface area contributed by atoms with E-state index in [4.69, 9.17) is 0 Å². The molecule has 0 saturated heterocycles. The minimum atomic E-state index is 0. The standard InChI is InChI=1S/C17H16N2.ClH/c1-13-15(16-8-3-4-9-17(16)18-13)11-10-14-7-5-6-12-19(14)2;/h3-12H,1-2H3;1H. The Labute approximate surface area is 125 Å². The molecule has 0 amide bonds. The molecule has 3 heteroatoms. The van der Waals surface area contributed by atoms with E-state index in [-0.39, 0.29) is 12.4 Å². The zero-order valence-corrected chi connectivity index (χ0v) is 12.4. The summed E-state index contributed by atoms with van der Waals surface area (Å²) in [7, 11) is 2.06. The van der Waals surface area contributed by atoms with Gasteiger partial charge in [-0.2, -0.15) is 0 Å². The molecule has 1 N–H and O–H groups in total. The van der Waals surface area contributed by atoms with Crippen LogP contribution < -0.4 is 17.0 Å². The molecule has 1 aromatic carbocycles. The second kappa shape index (κ2) is 5.93. The molecule has 0 aliphatic carbocycles. The smallest absolute Gasteiger partial charge is 0.204 e. The Morgan fingerprint density at radius 3 is 2.55 bits per heavy atom. The Hall–Kier alpha value is -2.06. The molecule has 0 unspecified atom stereocenters. The fourth-order valence-corrected chi connectivity index (χ4v) is 2.39. The number of nitrogens with one attached hydrogen (secondary N) is 1. The molecule has 102 valence electrons. The number of H-pyrrole nitrogens is 1. The number of halogens is 1. The van der Waals surface area contributed by atoms with Crippen molar-refractivity contribution < 1.29 is 17.0 Å². The molecule has 0 aliphatic rings. The summed E-state index contributed by atoms with van der Waals surface area (Å²) in [6.45, 7) is 2.12. The molecular weight excluding hydrogens is 268 g/mol. The second-order valence-corrected chi connectivity index (χ2v) is 4.78. The second-order valence-electron chi connectivity index (χ2n) is 4.78. The van der Waals surface area contributed by atoms with Crippen molar-refractivity contribution in [3.05, 3.63) is 65.6 Å². The Morgan fingerprint density at radius 1 is 1.00 bits per heavy atom. The van der Waals surface area contributed by atoms with Crippen LogP contribution in [-0.2, 0) is 7.05 Å². The van der Waals surface area contributed by atoms with Gasteiger partial charge in [0.05, 0.1) is 0 Å². The summed E-state index contributed by atoms with van der Waals surface area (Å²) < 4.78 is 2.11. The van der Waals surface area contributed by atoms with Crippen LogP contribution in [0.25, 0.3) is 23.1 Å². The average molecular weight is 285 g/mol. The number of hydrogen-bond donors (Lipinski definition) is 1. The molecule has 0 spiro atoms. The number of hydrogen-bond acceptors (Lipinski definition) is 0. The van der Waals surface area contributed by atoms with Crippen LogP contribution in [0.3, 0.4) is 0 Å². The Morgan fingerprint density at radius 2 is 1.75 bits per heavy atom. The lowest BCUT2D eigenvalue weighted by Gasteiger charge is -1.94. The first-order valence-electron chi connectivity index (χ1n) is 6.46. The number of pyridine rings is 1. The fraction of sp³-hybridized carbons (Fsp3) is 0.118. The first-order valence-corrected chi connectivity index (χ1v) is 6.46. The highest BCUT2D eigenvalue weighted by Crippen LogP contribution is 2.23. The largest absolute Gasteiger partial charge is 1.00 e. The molecule has 0 bridgehead atoms. The van der Waals surface area contributed by atoms with Crippen molar-refractivity contribution in [3.8, 4) is 0 Å². The molecule has 0 aliphatic heterocycles. The SMILES string of the molecule is Cc1[nH]c2ccccc2c1C=Cc1cccc[n+]1C.[Cl-]. The third kappa shape index (κ3) is 2.61. The van der Waals surface area contributed by atoms with Crippen LogP contribution in [0.1, 0.15) is 17.0 Å². The molecule has 0 atom stereocenters. The molecule has 0 fully saturated rings. The Bertz CT molecular complexity index is 757. The lowest BCUT2D eigenvalue weighted by atomic mass is 10.1. The maximum absolute atomic E-state index is 3.42. The molecule has 20 heavy (non-hydrogen) atoms. The van der Waals surface area contributed by atoms with Crippen LogP contribution in [0.2, 0.25) is 0 Å². The minimum Gasteiger partial charge on any atom is -1.00 e. The van der Waals surface area contributed by atoms with Gasteiger partial charge in [0.25, 0.3) is 0 Å². The molecule has 0 radical (unpaired) electrons. The number of para-hydroxylation sites is 1. The normalized spacial score (nSPS) is 10.9. The Kier molecular flexibility index (Phi) is 4.26. The first kappa shape index (κ1) is 14.4. The van der Waals surface area contributed by atoms with Crippen molar-refractivity contribution in [1.82, 2.24) is 4.98 Å². The van der Waals surface area contributed by atoms with E-state index in [1.807, 2.05) is 6.07 Å². The highest BCUT2D eigenvalue weighted by molar-refractivity contribution is 5.92. The highest BCUT2D eigenvalue weighted by Gasteiger charge is 2.05. The highest BCUT2D eigenvalue weighted by atomic mass is 35.5. The van der Waals surface area contributed by atoms with Gasteiger partial charge in [0.2, 0.25) is 5.69 Å². The third-order valence-corrected chi connectivity index (χ3v) is 3.46. The predicted molar refractivity (Wildman–Crippen MR) is 79.6 cm³/mol. The molecule has 3 aromatic rings. The summed E-state index contributed by atoms with van der Waals surface area (Å²) in [5, 5.41) is 1.27. The van der Waals surface area contributed by atoms with Gasteiger partial charge in [-0.05, 0) is 25.1 Å². The number of benzene rings is 1. The van der Waals surface area contributed by atoms with E-state index >= 15 is 0 Å². The summed E-state index contributed by atoms with van der Waals surface area (Å²) in [6, 6.07) is 14.6. The van der Waals surface area contributed by atoms with Crippen molar-refractivity contribution in [2.75, 3.05) is 0 Å². The van der Waals surface area contributed by atoms with Crippen molar-refractivity contribution in [1.29, 1.82) is 0 Å². The molecule has 2 nitrogen and oxygen atoms in total. The molecular formula is C17H17ClN2. The summed E-state index contributed by atoms with van der Waals surface area (Å²) in [4.78, 5) is 3.42. The van der Waals surface area contributed by atoms with Crippen LogP contribution in [0, 0.1) is 6.92 Å². The van der Waals surface area contributed by atoms with Gasteiger partial charge in [0, 0.05) is 40.4 Å². The van der Waals surface area contributed by atoms with Crippen LogP contribution in [-0.4, -0.2) is 4.98 Å². The van der Waals surface area contributed by atoms with Crippen molar-refractivity contribution >= 4 is 23.1 Å². The molecule has 3 rings (SSSR count). The monoisotopic (exact) mass is 284 g/mol. The van der Waals surface area contributed by atoms with Gasteiger partial charge >= 0.3 is 0 Å². The van der Waals surface area contributed by atoms with E-state index in [0.717, 1.165) is 0 Å². The number of fused-ring (bicyclic) bond motifs is 1. The number of nitrogens with zero attached hydrogens (tertiary/aromatic N) is 1. The van der Waals surface area contributed by atoms with E-state index < -0.39 is 0 Å². The lowest BCUT2D eigenvalue weighted by molar-refractivity contribution is -0.673. The maximum atomic E-state index is 3.42. The van der Waals surface area contributed by atoms with Crippen LogP contribution in [0.4, 0.5) is 0 Å². The maximum Gasteiger partial charge on any atom is 0.204 e. The van der Waals surface area contributed by atoms with Gasteiger partial charge in [-0.1, -0.05) is 18.2 Å². The first-order chi connectivity index (χ1) is 9.25. The van der Waals surface area contributed by atoms with E-state index in [2.05, 4.69) is 78.3 Å². The summed E-state index contributed by atoms with van der Waals surface area (Å²) >= 11 is 0. The number of rotatable bonds is 2. The van der Waals surface area contributed by atoms with Gasteiger partial charge < -0.3 is 17.4 Å². The van der Waals surface area contributed by atoms with E-state index in [9.17, 15) is 0 Å². The number of aromatic amines is 1. The van der Waals surface area contributed by atoms with Crippen LogP contribution in [0.15, 0.2) is 48.7 Å². The van der Waals surface area contributed by atoms with E-state index in [0.29, 0.717) is 0 Å². The molecule has 2 heterocycles. The molecule has 0 saturated carbocycles. The van der Waals surface area contributed by atoms with Gasteiger partial charge in [-0.25, -0.2) is 4.57 Å². The number of aromatic nitrogens is 2. The quantitative estimate of drug-likeness (QED) is 0.661. The minimum absolute atomic E-state index is 0. The fourth-order valence-electron chi connectivity index (χ4n) is 2.39. The zero-order valence-electron chi connectivity index (χ0n) is 11.6. The summed E-state index contributed by atoms with van der Waals surface area (Å²) in [5.74, 6) is 0. The van der Waals surface area contributed by atoms with E-state index in [1.165, 1.54) is 27.9 Å². The zero-order chi connectivity index (χ0) is 13.2. The Balaban J connectivity index is 0.00000147. The van der Waals surface area contributed by atoms with Crippen molar-refractivity contribution in [2.24, 2.45) is 7.05 Å². The summed E-state index contributed by atoms with van der Waals surface area (Å²) in [6.07, 6.45) is 6.40. The van der Waals surface area contributed by atoms with E-state index in [1.54, 1.807) is 0 Å². The topological polar surface area (TPSA) is 19.7 Å². The van der Waals surface area contributed by atoms with Gasteiger partial charge in [-0.15, -0.1) is 0 Å². The average Bonchev–Trinajstić information content (AvgIpc) is 2.74. The third-order valence-electron chi connectivity index (χ3n) is 3.46. The predicted octanol–water partition coefficient (Wildman–Crippen LogP) is 0.475. The van der Waals surface area contributed by atoms with Crippen LogP contribution in [0.5, 0.6) is 0 Å². The van der Waals surface area contributed by atoms with Crippen molar-refractivity contribution in [3.63, 3.8) is 0 Å². The van der Waals surface area contributed by atoms with Gasteiger partial charge in [0.1, 0.15) is 7.05 Å². The van der Waals surface area contributed by atoms with Crippen LogP contribution >= 0.6 is 0 Å². The van der Waals surface area contributed by atoms with Gasteiger partial charge in [-0.3, -0.25) is 0 Å². The van der Waals surface area contributed by atoms with Gasteiger partial charge in [0.15, 0.2) is 6.20 Å². The lowest BCUT2D eigenvalue weighted by Crippen LogP contribution is -3.00. The number of aryl methyl sites for hydroxylation is 2. The molecule has 2 aromatic heterocycles.